The first-order chi connectivity index (χ1) is 8.61. The maximum absolute atomic E-state index is 12.2. The second-order valence-electron chi connectivity index (χ2n) is 4.52. The van der Waals surface area contributed by atoms with Gasteiger partial charge < -0.3 is 10.0 Å². The summed E-state index contributed by atoms with van der Waals surface area (Å²) in [6.07, 6.45) is 3.72. The van der Waals surface area contributed by atoms with Gasteiger partial charge in [0.15, 0.2) is 0 Å². The number of carbonyl (C=O) groups excluding carboxylic acids is 1. The molecule has 0 aliphatic heterocycles. The van der Waals surface area contributed by atoms with E-state index in [-0.39, 0.29) is 11.6 Å². The Bertz CT molecular complexity index is 469. The molecule has 5 nitrogen and oxygen atoms in total. The number of pyridine rings is 1. The molecule has 2 rings (SSSR count). The fourth-order valence-corrected chi connectivity index (χ4v) is 1.83. The lowest BCUT2D eigenvalue weighted by Crippen LogP contribution is -2.32. The number of amides is 1. The zero-order chi connectivity index (χ0) is 13.1. The summed E-state index contributed by atoms with van der Waals surface area (Å²) in [6.45, 7) is 3.33. The van der Waals surface area contributed by atoms with Gasteiger partial charge in [-0.1, -0.05) is 0 Å². The van der Waals surface area contributed by atoms with E-state index in [1.54, 1.807) is 11.0 Å². The first-order valence-corrected chi connectivity index (χ1v) is 6.10. The fraction of sp³-hybridized carbons (Fsp3) is 0.462. The van der Waals surface area contributed by atoms with Crippen molar-refractivity contribution in [2.24, 2.45) is 5.92 Å². The molecule has 1 aliphatic carbocycles. The summed E-state index contributed by atoms with van der Waals surface area (Å²) >= 11 is 0. The second-order valence-corrected chi connectivity index (χ2v) is 4.52. The van der Waals surface area contributed by atoms with Crippen LogP contribution in [0.2, 0.25) is 0 Å². The Hall–Kier alpha value is -1.91. The summed E-state index contributed by atoms with van der Waals surface area (Å²) in [4.78, 5) is 28.5. The highest BCUT2D eigenvalue weighted by molar-refractivity contribution is 5.96. The minimum atomic E-state index is -1.12. The third-order valence-corrected chi connectivity index (χ3v) is 3.07. The van der Waals surface area contributed by atoms with Crippen molar-refractivity contribution in [2.75, 3.05) is 13.1 Å². The van der Waals surface area contributed by atoms with Crippen LogP contribution < -0.4 is 0 Å². The molecular weight excluding hydrogens is 232 g/mol. The van der Waals surface area contributed by atoms with Crippen LogP contribution >= 0.6 is 0 Å². The number of carboxylic acid groups (broad SMARTS) is 1. The zero-order valence-corrected chi connectivity index (χ0v) is 10.3. The van der Waals surface area contributed by atoms with E-state index < -0.39 is 5.97 Å². The molecule has 1 N–H and O–H groups in total. The maximum atomic E-state index is 12.2. The minimum absolute atomic E-state index is 0.0941. The van der Waals surface area contributed by atoms with E-state index in [4.69, 9.17) is 5.11 Å². The Morgan fingerprint density at radius 3 is 2.78 bits per heavy atom. The van der Waals surface area contributed by atoms with Crippen LogP contribution in [0.4, 0.5) is 0 Å². The van der Waals surface area contributed by atoms with Crippen LogP contribution in [0.25, 0.3) is 0 Å². The molecule has 0 bridgehead atoms. The van der Waals surface area contributed by atoms with Crippen molar-refractivity contribution in [1.29, 1.82) is 0 Å². The van der Waals surface area contributed by atoms with Gasteiger partial charge in [0.05, 0.1) is 0 Å². The highest BCUT2D eigenvalue weighted by Gasteiger charge is 2.26. The van der Waals surface area contributed by atoms with E-state index in [1.807, 2.05) is 6.92 Å². The molecule has 0 aromatic carbocycles. The van der Waals surface area contributed by atoms with Crippen molar-refractivity contribution in [1.82, 2.24) is 9.88 Å². The number of nitrogens with zero attached hydrogens (tertiary/aromatic N) is 2. The third-order valence-electron chi connectivity index (χ3n) is 3.07. The predicted molar refractivity (Wildman–Crippen MR) is 65.5 cm³/mol. The Balaban J connectivity index is 2.15. The summed E-state index contributed by atoms with van der Waals surface area (Å²) in [5.41, 5.74) is 0.299. The standard InChI is InChI=1S/C13H16N2O3/c1-2-15(8-9-3-4-9)12(16)10-5-6-14-11(7-10)13(17)18/h5-7,9H,2-4,8H2,1H3,(H,17,18). The monoisotopic (exact) mass is 248 g/mol. The number of hydrogen-bond acceptors (Lipinski definition) is 3. The molecular formula is C13H16N2O3. The molecule has 1 heterocycles. The molecule has 96 valence electrons. The van der Waals surface area contributed by atoms with E-state index >= 15 is 0 Å². The molecule has 0 atom stereocenters. The van der Waals surface area contributed by atoms with Gasteiger partial charge in [0, 0.05) is 24.8 Å². The van der Waals surface area contributed by atoms with Gasteiger partial charge in [-0.05, 0) is 37.8 Å². The van der Waals surface area contributed by atoms with Crippen LogP contribution in [0, 0.1) is 5.92 Å². The van der Waals surface area contributed by atoms with Crippen molar-refractivity contribution in [3.63, 3.8) is 0 Å². The Labute approximate surface area is 105 Å². The van der Waals surface area contributed by atoms with E-state index in [9.17, 15) is 9.59 Å². The molecule has 1 aromatic heterocycles. The molecule has 1 fully saturated rings. The fourth-order valence-electron chi connectivity index (χ4n) is 1.83. The van der Waals surface area contributed by atoms with Gasteiger partial charge in [-0.15, -0.1) is 0 Å². The number of aromatic carboxylic acids is 1. The lowest BCUT2D eigenvalue weighted by molar-refractivity contribution is 0.0690. The first-order valence-electron chi connectivity index (χ1n) is 6.10. The van der Waals surface area contributed by atoms with E-state index in [0.717, 1.165) is 6.54 Å². The van der Waals surface area contributed by atoms with E-state index in [2.05, 4.69) is 4.98 Å². The van der Waals surface area contributed by atoms with Gasteiger partial charge in [0.1, 0.15) is 5.69 Å². The normalized spacial score (nSPS) is 14.3. The average molecular weight is 248 g/mol. The van der Waals surface area contributed by atoms with Gasteiger partial charge in [-0.3, -0.25) is 4.79 Å². The molecule has 0 radical (unpaired) electrons. The lowest BCUT2D eigenvalue weighted by Gasteiger charge is -2.20. The van der Waals surface area contributed by atoms with Crippen molar-refractivity contribution < 1.29 is 14.7 Å². The molecule has 5 heteroatoms. The molecule has 1 saturated carbocycles. The SMILES string of the molecule is CCN(CC1CC1)C(=O)c1ccnc(C(=O)O)c1. The van der Waals surface area contributed by atoms with Crippen LogP contribution in [0.5, 0.6) is 0 Å². The quantitative estimate of drug-likeness (QED) is 0.860. The maximum Gasteiger partial charge on any atom is 0.354 e. The van der Waals surface area contributed by atoms with Crippen LogP contribution in [-0.2, 0) is 0 Å². The lowest BCUT2D eigenvalue weighted by atomic mass is 10.2. The van der Waals surface area contributed by atoms with Gasteiger partial charge in [-0.2, -0.15) is 0 Å². The molecule has 0 unspecified atom stereocenters. The summed E-state index contributed by atoms with van der Waals surface area (Å²) in [5.74, 6) is -0.612. The van der Waals surface area contributed by atoms with Crippen molar-refractivity contribution in [3.05, 3.63) is 29.6 Å². The predicted octanol–water partition coefficient (Wildman–Crippen LogP) is 1.65. The Morgan fingerprint density at radius 2 is 2.22 bits per heavy atom. The molecule has 1 amide bonds. The van der Waals surface area contributed by atoms with Crippen LogP contribution in [0.1, 0.15) is 40.6 Å². The molecule has 1 aliphatic rings. The van der Waals surface area contributed by atoms with E-state index in [1.165, 1.54) is 25.1 Å². The third kappa shape index (κ3) is 2.85. The number of rotatable bonds is 5. The summed E-state index contributed by atoms with van der Waals surface area (Å²) in [5, 5.41) is 8.85. The number of aromatic nitrogens is 1. The number of carboxylic acids is 1. The highest BCUT2D eigenvalue weighted by Crippen LogP contribution is 2.30. The first kappa shape index (κ1) is 12.5. The van der Waals surface area contributed by atoms with E-state index in [0.29, 0.717) is 18.0 Å². The summed E-state index contributed by atoms with van der Waals surface area (Å²) < 4.78 is 0. The van der Waals surface area contributed by atoms with Crippen molar-refractivity contribution >= 4 is 11.9 Å². The zero-order valence-electron chi connectivity index (χ0n) is 10.3. The summed E-state index contributed by atoms with van der Waals surface area (Å²) in [6, 6.07) is 2.89. The van der Waals surface area contributed by atoms with Crippen molar-refractivity contribution in [2.45, 2.75) is 19.8 Å². The number of hydrogen-bond donors (Lipinski definition) is 1. The highest BCUT2D eigenvalue weighted by atomic mass is 16.4. The van der Waals surface area contributed by atoms with Crippen molar-refractivity contribution in [3.8, 4) is 0 Å². The molecule has 1 aromatic rings. The average Bonchev–Trinajstić information content (AvgIpc) is 3.19. The molecule has 0 spiro atoms. The van der Waals surface area contributed by atoms with Gasteiger partial charge in [0.25, 0.3) is 5.91 Å². The van der Waals surface area contributed by atoms with Gasteiger partial charge in [-0.25, -0.2) is 9.78 Å². The largest absolute Gasteiger partial charge is 0.477 e. The number of carbonyl (C=O) groups is 2. The minimum Gasteiger partial charge on any atom is -0.477 e. The van der Waals surface area contributed by atoms with Crippen LogP contribution in [0.3, 0.4) is 0 Å². The molecule has 18 heavy (non-hydrogen) atoms. The summed E-state index contributed by atoms with van der Waals surface area (Å²) in [7, 11) is 0. The van der Waals surface area contributed by atoms with Crippen LogP contribution in [-0.4, -0.2) is 40.0 Å². The topological polar surface area (TPSA) is 70.5 Å². The Morgan fingerprint density at radius 1 is 1.50 bits per heavy atom. The second kappa shape index (κ2) is 5.16. The smallest absolute Gasteiger partial charge is 0.354 e. The van der Waals surface area contributed by atoms with Gasteiger partial charge >= 0.3 is 5.97 Å². The Kier molecular flexibility index (Phi) is 3.60. The molecule has 0 saturated heterocycles. The van der Waals surface area contributed by atoms with Crippen LogP contribution in [0.15, 0.2) is 18.3 Å². The van der Waals surface area contributed by atoms with Gasteiger partial charge in [0.2, 0.25) is 0 Å².